The smallest absolute Gasteiger partial charge is 0.0510 e. The molecule has 0 radical (unpaired) electrons. The molecule has 2 heteroatoms. The minimum atomic E-state index is 0.306. The van der Waals surface area contributed by atoms with Gasteiger partial charge in [-0.3, -0.25) is 4.98 Å². The van der Waals surface area contributed by atoms with Gasteiger partial charge in [-0.25, -0.2) is 0 Å². The van der Waals surface area contributed by atoms with E-state index in [0.717, 1.165) is 24.4 Å². The molecule has 1 aromatic heterocycles. The van der Waals surface area contributed by atoms with Crippen molar-refractivity contribution in [2.24, 2.45) is 0 Å². The predicted octanol–water partition coefficient (Wildman–Crippen LogP) is 3.71. The van der Waals surface area contributed by atoms with Crippen LogP contribution in [0.3, 0.4) is 0 Å². The monoisotopic (exact) mass is 232 g/mol. The first-order valence-electron chi connectivity index (χ1n) is 6.36. The van der Waals surface area contributed by atoms with Crippen LogP contribution < -0.4 is 5.32 Å². The zero-order valence-electron chi connectivity index (χ0n) is 11.7. The van der Waals surface area contributed by atoms with Crippen LogP contribution in [0.4, 0.5) is 0 Å². The molecular formula is C15H24N2. The fourth-order valence-corrected chi connectivity index (χ4v) is 1.95. The number of pyridine rings is 1. The molecule has 1 N–H and O–H groups in total. The van der Waals surface area contributed by atoms with E-state index >= 15 is 0 Å². The van der Waals surface area contributed by atoms with Gasteiger partial charge in [-0.2, -0.15) is 0 Å². The van der Waals surface area contributed by atoms with Gasteiger partial charge >= 0.3 is 0 Å². The van der Waals surface area contributed by atoms with E-state index in [9.17, 15) is 0 Å². The summed E-state index contributed by atoms with van der Waals surface area (Å²) < 4.78 is 0. The van der Waals surface area contributed by atoms with Crippen molar-refractivity contribution < 1.29 is 0 Å². The Morgan fingerprint density at radius 3 is 2.35 bits per heavy atom. The van der Waals surface area contributed by atoms with Crippen molar-refractivity contribution in [3.63, 3.8) is 0 Å². The third-order valence-electron chi connectivity index (χ3n) is 2.58. The average Bonchev–Trinajstić information content (AvgIpc) is 2.22. The average molecular weight is 232 g/mol. The van der Waals surface area contributed by atoms with Crippen molar-refractivity contribution in [1.29, 1.82) is 0 Å². The topological polar surface area (TPSA) is 24.9 Å². The second kappa shape index (κ2) is 6.55. The van der Waals surface area contributed by atoms with Crippen LogP contribution in [0.2, 0.25) is 0 Å². The molecule has 0 fully saturated rings. The van der Waals surface area contributed by atoms with E-state index in [2.05, 4.69) is 63.1 Å². The Morgan fingerprint density at radius 2 is 1.88 bits per heavy atom. The number of hydrogen-bond donors (Lipinski definition) is 1. The second-order valence-electron chi connectivity index (χ2n) is 4.86. The largest absolute Gasteiger partial charge is 0.307 e. The fourth-order valence-electron chi connectivity index (χ4n) is 1.95. The quantitative estimate of drug-likeness (QED) is 0.783. The summed E-state index contributed by atoms with van der Waals surface area (Å²) in [5.41, 5.74) is 4.83. The highest BCUT2D eigenvalue weighted by Gasteiger charge is 2.08. The van der Waals surface area contributed by atoms with Crippen LogP contribution in [0, 0.1) is 13.8 Å². The van der Waals surface area contributed by atoms with Crippen molar-refractivity contribution >= 4 is 0 Å². The fraction of sp³-hybridized carbons (Fsp3) is 0.533. The SMILES string of the molecule is CCCNC(C=C(C)C)c1cc(C)nc(C)c1. The summed E-state index contributed by atoms with van der Waals surface area (Å²) in [6.45, 7) is 11.6. The molecular weight excluding hydrogens is 208 g/mol. The molecule has 1 heterocycles. The predicted molar refractivity (Wildman–Crippen MR) is 74.2 cm³/mol. The molecule has 0 saturated heterocycles. The van der Waals surface area contributed by atoms with Crippen LogP contribution >= 0.6 is 0 Å². The summed E-state index contributed by atoms with van der Waals surface area (Å²) in [5, 5.41) is 3.57. The molecule has 1 aromatic rings. The van der Waals surface area contributed by atoms with Gasteiger partial charge in [0, 0.05) is 11.4 Å². The van der Waals surface area contributed by atoms with E-state index in [1.807, 2.05) is 0 Å². The molecule has 0 saturated carbocycles. The van der Waals surface area contributed by atoms with Gasteiger partial charge in [-0.15, -0.1) is 0 Å². The van der Waals surface area contributed by atoms with Crippen molar-refractivity contribution in [3.8, 4) is 0 Å². The molecule has 0 aromatic carbocycles. The van der Waals surface area contributed by atoms with Gasteiger partial charge < -0.3 is 5.32 Å². The standard InChI is InChI=1S/C15H24N2/c1-6-7-16-15(8-11(2)3)14-9-12(4)17-13(5)10-14/h8-10,15-16H,6-7H2,1-5H3. The lowest BCUT2D eigenvalue weighted by atomic mass is 10.0. The van der Waals surface area contributed by atoms with E-state index in [0.29, 0.717) is 6.04 Å². The molecule has 0 amide bonds. The number of aryl methyl sites for hydroxylation is 2. The van der Waals surface area contributed by atoms with E-state index < -0.39 is 0 Å². The van der Waals surface area contributed by atoms with Crippen LogP contribution in [0.25, 0.3) is 0 Å². The van der Waals surface area contributed by atoms with Gasteiger partial charge in [0.2, 0.25) is 0 Å². The highest BCUT2D eigenvalue weighted by atomic mass is 14.9. The molecule has 17 heavy (non-hydrogen) atoms. The first-order valence-corrected chi connectivity index (χ1v) is 6.36. The first-order chi connectivity index (χ1) is 8.02. The molecule has 0 aliphatic heterocycles. The van der Waals surface area contributed by atoms with Crippen molar-refractivity contribution in [2.75, 3.05) is 6.54 Å². The molecule has 1 unspecified atom stereocenters. The van der Waals surface area contributed by atoms with Crippen LogP contribution in [0.5, 0.6) is 0 Å². The zero-order chi connectivity index (χ0) is 12.8. The Kier molecular flexibility index (Phi) is 5.36. The lowest BCUT2D eigenvalue weighted by Crippen LogP contribution is -2.21. The van der Waals surface area contributed by atoms with Gasteiger partial charge in [0.25, 0.3) is 0 Å². The Hall–Kier alpha value is -1.15. The molecule has 2 nitrogen and oxygen atoms in total. The summed E-state index contributed by atoms with van der Waals surface area (Å²) >= 11 is 0. The van der Waals surface area contributed by atoms with Gasteiger partial charge in [-0.1, -0.05) is 18.6 Å². The van der Waals surface area contributed by atoms with Crippen LogP contribution in [0.15, 0.2) is 23.8 Å². The highest BCUT2D eigenvalue weighted by Crippen LogP contribution is 2.18. The third-order valence-corrected chi connectivity index (χ3v) is 2.58. The zero-order valence-corrected chi connectivity index (χ0v) is 11.7. The molecule has 1 rings (SSSR count). The normalized spacial score (nSPS) is 12.3. The van der Waals surface area contributed by atoms with Crippen LogP contribution in [0.1, 0.15) is 50.2 Å². The number of aromatic nitrogens is 1. The number of nitrogens with zero attached hydrogens (tertiary/aromatic N) is 1. The minimum Gasteiger partial charge on any atom is -0.307 e. The summed E-state index contributed by atoms with van der Waals surface area (Å²) in [5.74, 6) is 0. The second-order valence-corrected chi connectivity index (χ2v) is 4.86. The van der Waals surface area contributed by atoms with E-state index in [1.54, 1.807) is 0 Å². The molecule has 0 aliphatic rings. The maximum absolute atomic E-state index is 4.43. The maximum atomic E-state index is 4.43. The molecule has 0 aliphatic carbocycles. The van der Waals surface area contributed by atoms with Gasteiger partial charge in [0.1, 0.15) is 0 Å². The number of nitrogens with one attached hydrogen (secondary N) is 1. The molecule has 94 valence electrons. The summed E-state index contributed by atoms with van der Waals surface area (Å²) in [6.07, 6.45) is 3.43. The van der Waals surface area contributed by atoms with Crippen molar-refractivity contribution in [1.82, 2.24) is 10.3 Å². The Balaban J connectivity index is 2.99. The van der Waals surface area contributed by atoms with Crippen LogP contribution in [-0.2, 0) is 0 Å². The maximum Gasteiger partial charge on any atom is 0.0510 e. The number of rotatable bonds is 5. The van der Waals surface area contributed by atoms with Gasteiger partial charge in [-0.05, 0) is 58.4 Å². The van der Waals surface area contributed by atoms with Gasteiger partial charge in [0.15, 0.2) is 0 Å². The van der Waals surface area contributed by atoms with Crippen molar-refractivity contribution in [2.45, 2.75) is 47.1 Å². The van der Waals surface area contributed by atoms with E-state index in [-0.39, 0.29) is 0 Å². The molecule has 0 bridgehead atoms. The van der Waals surface area contributed by atoms with E-state index in [1.165, 1.54) is 11.1 Å². The summed E-state index contributed by atoms with van der Waals surface area (Å²) in [4.78, 5) is 4.43. The Bertz CT molecular complexity index is 370. The molecule has 1 atom stereocenters. The number of hydrogen-bond acceptors (Lipinski definition) is 2. The third kappa shape index (κ3) is 4.70. The van der Waals surface area contributed by atoms with E-state index in [4.69, 9.17) is 0 Å². The lowest BCUT2D eigenvalue weighted by molar-refractivity contribution is 0.608. The number of allylic oxidation sites excluding steroid dienone is 1. The highest BCUT2D eigenvalue weighted by molar-refractivity contribution is 5.27. The lowest BCUT2D eigenvalue weighted by Gasteiger charge is -2.17. The summed E-state index contributed by atoms with van der Waals surface area (Å²) in [7, 11) is 0. The van der Waals surface area contributed by atoms with Crippen LogP contribution in [-0.4, -0.2) is 11.5 Å². The first kappa shape index (κ1) is 13.9. The summed E-state index contributed by atoms with van der Waals surface area (Å²) in [6, 6.07) is 4.64. The Labute approximate surface area is 105 Å². The van der Waals surface area contributed by atoms with Crippen molar-refractivity contribution in [3.05, 3.63) is 40.7 Å². The Morgan fingerprint density at radius 1 is 1.29 bits per heavy atom. The van der Waals surface area contributed by atoms with Gasteiger partial charge in [0.05, 0.1) is 6.04 Å². The minimum absolute atomic E-state index is 0.306. The molecule has 0 spiro atoms.